The molecule has 1 aromatic heterocycles. The molecule has 0 aliphatic carbocycles. The van der Waals surface area contributed by atoms with Gasteiger partial charge in [0.2, 0.25) is 0 Å². The van der Waals surface area contributed by atoms with E-state index < -0.39 is 11.0 Å². The van der Waals surface area contributed by atoms with Gasteiger partial charge in [0.15, 0.2) is 5.00 Å². The molecule has 0 saturated heterocycles. The molecule has 7 nitrogen and oxygen atoms in total. The van der Waals surface area contributed by atoms with Crippen molar-refractivity contribution in [2.45, 2.75) is 13.0 Å². The predicted molar refractivity (Wildman–Crippen MR) is 65.0 cm³/mol. The van der Waals surface area contributed by atoms with E-state index in [1.165, 1.54) is 17.9 Å². The maximum Gasteiger partial charge on any atom is 0.304 e. The van der Waals surface area contributed by atoms with Crippen LogP contribution in [0.2, 0.25) is 0 Å². The molecule has 1 heterocycles. The molecule has 1 atom stereocenters. The molecular formula is C10H10N4O3S. The normalized spacial score (nSPS) is 11.3. The lowest BCUT2D eigenvalue weighted by atomic mass is 10.3. The Hall–Kier alpha value is -2.16. The van der Waals surface area contributed by atoms with Crippen molar-refractivity contribution >= 4 is 22.0 Å². The molecule has 0 aromatic carbocycles. The van der Waals surface area contributed by atoms with Crippen LogP contribution in [0.3, 0.4) is 0 Å². The summed E-state index contributed by atoms with van der Waals surface area (Å²) in [4.78, 5) is 12.1. The first-order valence-electron chi connectivity index (χ1n) is 4.96. The average Bonchev–Trinajstić information content (AvgIpc) is 2.73. The van der Waals surface area contributed by atoms with E-state index in [9.17, 15) is 15.2 Å². The van der Waals surface area contributed by atoms with E-state index in [0.29, 0.717) is 4.88 Å². The summed E-state index contributed by atoms with van der Waals surface area (Å²) in [5.74, 6) is 0. The summed E-state index contributed by atoms with van der Waals surface area (Å²) in [6.07, 6.45) is -0.825. The van der Waals surface area contributed by atoms with Crippen LogP contribution < -0.4 is 4.90 Å². The van der Waals surface area contributed by atoms with Gasteiger partial charge in [-0.2, -0.15) is 10.5 Å². The molecule has 0 fully saturated rings. The summed E-state index contributed by atoms with van der Waals surface area (Å²) in [5.41, 5.74) is -0.193. The van der Waals surface area contributed by atoms with Crippen molar-refractivity contribution in [1.82, 2.24) is 0 Å². The standard InChI is InChI=1S/C10H10N4O3S/c1-7(15)9-6-8(14(16)17)10(18-9)13(4-2-11)5-3-12/h6-7,15H,4-5H2,1H3/t7-/m0/s1. The number of aliphatic hydroxyl groups excluding tert-OH is 1. The van der Waals surface area contributed by atoms with Gasteiger partial charge in [0.1, 0.15) is 13.1 Å². The smallest absolute Gasteiger partial charge is 0.304 e. The van der Waals surface area contributed by atoms with Crippen molar-refractivity contribution in [3.8, 4) is 12.1 Å². The van der Waals surface area contributed by atoms with Crippen LogP contribution in [0.4, 0.5) is 10.7 Å². The zero-order valence-electron chi connectivity index (χ0n) is 9.53. The van der Waals surface area contributed by atoms with Crippen LogP contribution in [0.15, 0.2) is 6.07 Å². The number of thiophene rings is 1. The molecule has 0 unspecified atom stereocenters. The van der Waals surface area contributed by atoms with Crippen LogP contribution in [0.5, 0.6) is 0 Å². The van der Waals surface area contributed by atoms with Gasteiger partial charge in [-0.05, 0) is 6.92 Å². The van der Waals surface area contributed by atoms with E-state index in [2.05, 4.69) is 0 Å². The number of nitrogens with zero attached hydrogens (tertiary/aromatic N) is 4. The van der Waals surface area contributed by atoms with E-state index in [4.69, 9.17) is 10.5 Å². The second-order valence-corrected chi connectivity index (χ2v) is 4.51. The van der Waals surface area contributed by atoms with E-state index in [1.807, 2.05) is 12.1 Å². The summed E-state index contributed by atoms with van der Waals surface area (Å²) in [6.45, 7) is 1.26. The van der Waals surface area contributed by atoms with E-state index in [-0.39, 0.29) is 23.8 Å². The number of anilines is 1. The predicted octanol–water partition coefficient (Wildman–Crippen LogP) is 1.56. The molecule has 1 rings (SSSR count). The van der Waals surface area contributed by atoms with Crippen molar-refractivity contribution < 1.29 is 10.0 Å². The zero-order valence-corrected chi connectivity index (χ0v) is 10.3. The van der Waals surface area contributed by atoms with Crippen molar-refractivity contribution in [1.29, 1.82) is 10.5 Å². The van der Waals surface area contributed by atoms with Crippen molar-refractivity contribution in [2.75, 3.05) is 18.0 Å². The Morgan fingerprint density at radius 1 is 1.56 bits per heavy atom. The van der Waals surface area contributed by atoms with Crippen LogP contribution >= 0.6 is 11.3 Å². The monoisotopic (exact) mass is 266 g/mol. The lowest BCUT2D eigenvalue weighted by Crippen LogP contribution is -2.23. The Kier molecular flexibility index (Phi) is 4.60. The Balaban J connectivity index is 3.23. The molecular weight excluding hydrogens is 256 g/mol. The molecule has 8 heteroatoms. The van der Waals surface area contributed by atoms with Gasteiger partial charge in [-0.15, -0.1) is 11.3 Å². The molecule has 0 spiro atoms. The lowest BCUT2D eigenvalue weighted by Gasteiger charge is -2.14. The van der Waals surface area contributed by atoms with Crippen LogP contribution in [0, 0.1) is 32.8 Å². The molecule has 1 aromatic rings. The third kappa shape index (κ3) is 2.94. The third-order valence-electron chi connectivity index (χ3n) is 2.13. The number of hydrogen-bond donors (Lipinski definition) is 1. The third-order valence-corrected chi connectivity index (χ3v) is 3.49. The highest BCUT2D eigenvalue weighted by Gasteiger charge is 2.25. The van der Waals surface area contributed by atoms with Crippen molar-refractivity contribution in [3.05, 3.63) is 21.1 Å². The highest BCUT2D eigenvalue weighted by molar-refractivity contribution is 7.16. The fraction of sp³-hybridized carbons (Fsp3) is 0.400. The molecule has 0 amide bonds. The molecule has 0 aliphatic heterocycles. The molecule has 1 N–H and O–H groups in total. The van der Waals surface area contributed by atoms with Gasteiger partial charge in [-0.3, -0.25) is 10.1 Å². The number of nitriles is 2. The van der Waals surface area contributed by atoms with Gasteiger partial charge >= 0.3 is 5.69 Å². The second kappa shape index (κ2) is 5.96. The van der Waals surface area contributed by atoms with Gasteiger partial charge in [0, 0.05) is 10.9 Å². The highest BCUT2D eigenvalue weighted by atomic mass is 32.1. The second-order valence-electron chi connectivity index (χ2n) is 3.44. The molecule has 0 bridgehead atoms. The lowest BCUT2D eigenvalue weighted by molar-refractivity contribution is -0.383. The summed E-state index contributed by atoms with van der Waals surface area (Å²) in [7, 11) is 0. The number of nitro groups is 1. The minimum absolute atomic E-state index is 0.117. The van der Waals surface area contributed by atoms with E-state index in [0.717, 1.165) is 11.3 Å². The Bertz CT molecular complexity index is 510. The van der Waals surface area contributed by atoms with Crippen LogP contribution in [-0.2, 0) is 0 Å². The average molecular weight is 266 g/mol. The van der Waals surface area contributed by atoms with Crippen molar-refractivity contribution in [3.63, 3.8) is 0 Å². The summed E-state index contributed by atoms with van der Waals surface area (Å²) < 4.78 is 0. The van der Waals surface area contributed by atoms with Crippen LogP contribution in [0.1, 0.15) is 17.9 Å². The minimum Gasteiger partial charge on any atom is -0.388 e. The Morgan fingerprint density at radius 3 is 2.50 bits per heavy atom. The van der Waals surface area contributed by atoms with Gasteiger partial charge < -0.3 is 10.0 Å². The summed E-state index contributed by atoms with van der Waals surface area (Å²) >= 11 is 1.02. The highest BCUT2D eigenvalue weighted by Crippen LogP contribution is 2.39. The summed E-state index contributed by atoms with van der Waals surface area (Å²) in [5, 5.41) is 37.9. The maximum atomic E-state index is 10.9. The van der Waals surface area contributed by atoms with Gasteiger partial charge in [0.05, 0.1) is 23.2 Å². The first kappa shape index (κ1) is 13.9. The van der Waals surface area contributed by atoms with Crippen LogP contribution in [0.25, 0.3) is 0 Å². The molecule has 94 valence electrons. The van der Waals surface area contributed by atoms with Gasteiger partial charge in [0.25, 0.3) is 0 Å². The molecule has 0 aliphatic rings. The topological polar surface area (TPSA) is 114 Å². The van der Waals surface area contributed by atoms with Gasteiger partial charge in [-0.1, -0.05) is 0 Å². The largest absolute Gasteiger partial charge is 0.388 e. The van der Waals surface area contributed by atoms with Gasteiger partial charge in [-0.25, -0.2) is 0 Å². The number of aliphatic hydroxyl groups is 1. The number of hydrogen-bond acceptors (Lipinski definition) is 7. The molecule has 0 radical (unpaired) electrons. The Labute approximate surface area is 107 Å². The number of rotatable bonds is 5. The quantitative estimate of drug-likeness (QED) is 0.491. The van der Waals surface area contributed by atoms with E-state index in [1.54, 1.807) is 0 Å². The zero-order chi connectivity index (χ0) is 13.7. The van der Waals surface area contributed by atoms with Crippen LogP contribution in [-0.4, -0.2) is 23.1 Å². The first-order valence-corrected chi connectivity index (χ1v) is 5.78. The Morgan fingerprint density at radius 2 is 2.11 bits per heavy atom. The maximum absolute atomic E-state index is 10.9. The van der Waals surface area contributed by atoms with E-state index >= 15 is 0 Å². The fourth-order valence-electron chi connectivity index (χ4n) is 1.32. The summed E-state index contributed by atoms with van der Waals surface area (Å²) in [6, 6.07) is 4.97. The first-order chi connectivity index (χ1) is 8.51. The minimum atomic E-state index is -0.825. The van der Waals surface area contributed by atoms with Crippen molar-refractivity contribution in [2.24, 2.45) is 0 Å². The molecule has 0 saturated carbocycles. The SMILES string of the molecule is C[C@H](O)c1cc([N+](=O)[O-])c(N(CC#N)CC#N)s1. The molecule has 18 heavy (non-hydrogen) atoms. The fourth-order valence-corrected chi connectivity index (χ4v) is 2.38.